The fourth-order valence-corrected chi connectivity index (χ4v) is 2.90. The fraction of sp³-hybridized carbons (Fsp3) is 0.250. The molecule has 2 rings (SSSR count). The van der Waals surface area contributed by atoms with Gasteiger partial charge in [0.05, 0.1) is 4.92 Å². The summed E-state index contributed by atoms with van der Waals surface area (Å²) >= 11 is 1.48. The van der Waals surface area contributed by atoms with Crippen molar-refractivity contribution in [1.29, 1.82) is 0 Å². The molecular formula is C20H20N2O6S. The van der Waals surface area contributed by atoms with Crippen LogP contribution >= 0.6 is 11.8 Å². The maximum absolute atomic E-state index is 12.4. The minimum atomic E-state index is -0.974. The first-order valence-electron chi connectivity index (χ1n) is 8.71. The molecule has 0 saturated carbocycles. The van der Waals surface area contributed by atoms with E-state index in [1.165, 1.54) is 30.0 Å². The molecule has 0 unspecified atom stereocenters. The van der Waals surface area contributed by atoms with Crippen LogP contribution in [0.3, 0.4) is 0 Å². The molecule has 0 fully saturated rings. The molecule has 29 heavy (non-hydrogen) atoms. The van der Waals surface area contributed by atoms with E-state index in [4.69, 9.17) is 4.74 Å². The van der Waals surface area contributed by atoms with Gasteiger partial charge in [0, 0.05) is 23.3 Å². The van der Waals surface area contributed by atoms with Crippen LogP contribution < -0.4 is 5.32 Å². The molecule has 1 amide bonds. The van der Waals surface area contributed by atoms with Crippen molar-refractivity contribution in [1.82, 2.24) is 5.32 Å². The summed E-state index contributed by atoms with van der Waals surface area (Å²) in [6.45, 7) is -0.439. The van der Waals surface area contributed by atoms with E-state index in [9.17, 15) is 24.5 Å². The molecule has 0 radical (unpaired) electrons. The smallest absolute Gasteiger partial charge is 0.329 e. The number of nitrogens with one attached hydrogen (secondary N) is 1. The minimum absolute atomic E-state index is 0.0570. The number of hydrogen-bond acceptors (Lipinski definition) is 7. The molecule has 152 valence electrons. The quantitative estimate of drug-likeness (QED) is 0.274. The zero-order valence-corrected chi connectivity index (χ0v) is 16.5. The van der Waals surface area contributed by atoms with E-state index in [0.29, 0.717) is 17.7 Å². The largest absolute Gasteiger partial charge is 0.456 e. The summed E-state index contributed by atoms with van der Waals surface area (Å²) in [5, 5.41) is 13.4. The van der Waals surface area contributed by atoms with Crippen LogP contribution in [-0.2, 0) is 9.53 Å². The number of hydrogen-bond donors (Lipinski definition) is 1. The van der Waals surface area contributed by atoms with E-state index >= 15 is 0 Å². The standard InChI is InChI=1S/C20H20N2O6S/c1-29-11-10-17(20(25)28-13-18(23)14-6-3-2-4-7-14)21-19(24)15-8-5-9-16(12-15)22(26)27/h2-9,12,17H,10-11,13H2,1H3,(H,21,24)/t17-/m0/s1. The molecule has 9 heteroatoms. The Morgan fingerprint density at radius 3 is 2.45 bits per heavy atom. The Kier molecular flexibility index (Phi) is 8.35. The van der Waals surface area contributed by atoms with Gasteiger partial charge in [-0.05, 0) is 24.5 Å². The van der Waals surface area contributed by atoms with Gasteiger partial charge in [0.25, 0.3) is 11.6 Å². The summed E-state index contributed by atoms with van der Waals surface area (Å²) in [6.07, 6.45) is 2.14. The predicted octanol–water partition coefficient (Wildman–Crippen LogP) is 2.87. The molecule has 0 aliphatic rings. The van der Waals surface area contributed by atoms with E-state index in [1.54, 1.807) is 30.3 Å². The van der Waals surface area contributed by atoms with Gasteiger partial charge in [0.15, 0.2) is 12.4 Å². The van der Waals surface area contributed by atoms with E-state index < -0.39 is 29.4 Å². The SMILES string of the molecule is CSCC[C@H](NC(=O)c1cccc([N+](=O)[O-])c1)C(=O)OCC(=O)c1ccccc1. The number of carbonyl (C=O) groups excluding carboxylic acids is 3. The Bertz CT molecular complexity index is 888. The zero-order chi connectivity index (χ0) is 21.2. The Balaban J connectivity index is 2.03. The van der Waals surface area contributed by atoms with Crippen LogP contribution in [0.5, 0.6) is 0 Å². The van der Waals surface area contributed by atoms with Gasteiger partial charge in [0.2, 0.25) is 0 Å². The molecule has 0 saturated heterocycles. The number of rotatable bonds is 10. The second-order valence-corrected chi connectivity index (χ2v) is 7.00. The molecular weight excluding hydrogens is 396 g/mol. The number of nitrogens with zero attached hydrogens (tertiary/aromatic N) is 1. The van der Waals surface area contributed by atoms with Crippen molar-refractivity contribution in [2.24, 2.45) is 0 Å². The van der Waals surface area contributed by atoms with Gasteiger partial charge in [-0.15, -0.1) is 0 Å². The highest BCUT2D eigenvalue weighted by molar-refractivity contribution is 7.98. The van der Waals surface area contributed by atoms with Crippen molar-refractivity contribution in [2.45, 2.75) is 12.5 Å². The highest BCUT2D eigenvalue weighted by Crippen LogP contribution is 2.14. The number of carbonyl (C=O) groups is 3. The van der Waals surface area contributed by atoms with Gasteiger partial charge in [-0.2, -0.15) is 11.8 Å². The minimum Gasteiger partial charge on any atom is -0.456 e. The number of non-ortho nitro benzene ring substituents is 1. The summed E-state index contributed by atoms with van der Waals surface area (Å²) in [5.41, 5.74) is 0.248. The summed E-state index contributed by atoms with van der Waals surface area (Å²) in [6, 6.07) is 12.6. The Labute approximate surface area is 171 Å². The van der Waals surface area contributed by atoms with Crippen molar-refractivity contribution in [3.05, 3.63) is 75.8 Å². The Hall–Kier alpha value is -3.20. The molecule has 0 heterocycles. The first kappa shape index (κ1) is 22.1. The predicted molar refractivity (Wildman–Crippen MR) is 109 cm³/mol. The van der Waals surface area contributed by atoms with Crippen LogP contribution in [0.15, 0.2) is 54.6 Å². The lowest BCUT2D eigenvalue weighted by Crippen LogP contribution is -2.42. The average molecular weight is 416 g/mol. The van der Waals surface area contributed by atoms with Crippen LogP contribution in [0, 0.1) is 10.1 Å². The van der Waals surface area contributed by atoms with E-state index in [-0.39, 0.29) is 17.0 Å². The summed E-state index contributed by atoms with van der Waals surface area (Å²) in [7, 11) is 0. The first-order chi connectivity index (χ1) is 13.9. The third kappa shape index (κ3) is 6.72. The third-order valence-corrected chi connectivity index (χ3v) is 4.60. The van der Waals surface area contributed by atoms with Gasteiger partial charge < -0.3 is 10.1 Å². The number of nitro groups is 1. The molecule has 0 aliphatic heterocycles. The number of thioether (sulfide) groups is 1. The highest BCUT2D eigenvalue weighted by Gasteiger charge is 2.24. The molecule has 0 aromatic heterocycles. The molecule has 0 spiro atoms. The van der Waals surface area contributed by atoms with Crippen molar-refractivity contribution in [3.8, 4) is 0 Å². The summed E-state index contributed by atoms with van der Waals surface area (Å²) < 4.78 is 5.10. The topological polar surface area (TPSA) is 116 Å². The van der Waals surface area contributed by atoms with Gasteiger partial charge in [-0.1, -0.05) is 36.4 Å². The summed E-state index contributed by atoms with van der Waals surface area (Å²) in [4.78, 5) is 47.2. The van der Waals surface area contributed by atoms with E-state index in [1.807, 2.05) is 6.26 Å². The maximum Gasteiger partial charge on any atom is 0.329 e. The lowest BCUT2D eigenvalue weighted by molar-refractivity contribution is -0.384. The van der Waals surface area contributed by atoms with Crippen LogP contribution in [0.2, 0.25) is 0 Å². The normalized spacial score (nSPS) is 11.3. The number of esters is 1. The van der Waals surface area contributed by atoms with Crippen LogP contribution in [0.4, 0.5) is 5.69 Å². The van der Waals surface area contributed by atoms with Crippen LogP contribution in [-0.4, -0.2) is 47.2 Å². The molecule has 0 aliphatic carbocycles. The zero-order valence-electron chi connectivity index (χ0n) is 15.7. The van der Waals surface area contributed by atoms with Crippen molar-refractivity contribution >= 4 is 35.1 Å². The number of nitro benzene ring substituents is 1. The van der Waals surface area contributed by atoms with E-state index in [2.05, 4.69) is 5.32 Å². The third-order valence-electron chi connectivity index (χ3n) is 3.96. The monoisotopic (exact) mass is 416 g/mol. The number of ether oxygens (including phenoxy) is 1. The molecule has 1 atom stereocenters. The maximum atomic E-state index is 12.4. The highest BCUT2D eigenvalue weighted by atomic mass is 32.2. The van der Waals surface area contributed by atoms with E-state index in [0.717, 1.165) is 6.07 Å². The molecule has 2 aromatic carbocycles. The van der Waals surface area contributed by atoms with Gasteiger partial charge >= 0.3 is 5.97 Å². The van der Waals surface area contributed by atoms with Crippen LogP contribution in [0.1, 0.15) is 27.1 Å². The van der Waals surface area contributed by atoms with Gasteiger partial charge in [-0.25, -0.2) is 4.79 Å². The lowest BCUT2D eigenvalue weighted by Gasteiger charge is -2.17. The number of benzene rings is 2. The van der Waals surface area contributed by atoms with Crippen LogP contribution in [0.25, 0.3) is 0 Å². The second kappa shape index (κ2) is 11.0. The lowest BCUT2D eigenvalue weighted by atomic mass is 10.1. The van der Waals surface area contributed by atoms with Gasteiger partial charge in [0.1, 0.15) is 6.04 Å². The Morgan fingerprint density at radius 2 is 1.79 bits per heavy atom. The first-order valence-corrected chi connectivity index (χ1v) is 10.1. The fourth-order valence-electron chi connectivity index (χ4n) is 2.43. The van der Waals surface area contributed by atoms with Crippen molar-refractivity contribution in [2.75, 3.05) is 18.6 Å². The molecule has 8 nitrogen and oxygen atoms in total. The van der Waals surface area contributed by atoms with Crippen molar-refractivity contribution < 1.29 is 24.0 Å². The summed E-state index contributed by atoms with van der Waals surface area (Å²) in [5.74, 6) is -1.15. The Morgan fingerprint density at radius 1 is 1.10 bits per heavy atom. The number of amides is 1. The van der Waals surface area contributed by atoms with Gasteiger partial charge in [-0.3, -0.25) is 19.7 Å². The number of Topliss-reactive ketones (excluding diaryl/α,β-unsaturated/α-hetero) is 1. The number of ketones is 1. The molecule has 0 bridgehead atoms. The second-order valence-electron chi connectivity index (χ2n) is 6.01. The molecule has 2 aromatic rings. The average Bonchev–Trinajstić information content (AvgIpc) is 2.75. The molecule has 1 N–H and O–H groups in total. The van der Waals surface area contributed by atoms with Crippen molar-refractivity contribution in [3.63, 3.8) is 0 Å².